The molecule has 3 aromatic rings. The van der Waals surface area contributed by atoms with E-state index in [-0.39, 0.29) is 5.82 Å². The Morgan fingerprint density at radius 1 is 1.27 bits per heavy atom. The van der Waals surface area contributed by atoms with Gasteiger partial charge in [0.15, 0.2) is 5.82 Å². The summed E-state index contributed by atoms with van der Waals surface area (Å²) in [5.41, 5.74) is 1.82. The summed E-state index contributed by atoms with van der Waals surface area (Å²) in [6.07, 6.45) is 3.05. The standard InChI is InChI=1S/C22H26FN5OS/c1-2-21-25-22(29-26-21)13-28-14-27(15-7-9-24-10-8-15)12-20-18(28)11-19(30-20)16-5-3-4-6-17(16)23/h3-6,11,15,24H,2,7-10,12-14H2,1H3. The molecule has 158 valence electrons. The van der Waals surface area contributed by atoms with Crippen molar-refractivity contribution in [3.63, 3.8) is 0 Å². The van der Waals surface area contributed by atoms with Crippen LogP contribution < -0.4 is 10.2 Å². The maximum Gasteiger partial charge on any atom is 0.246 e. The SMILES string of the molecule is CCc1noc(CN2CN(C3CCNCC3)Cc3sc(-c4ccccc4F)cc32)n1. The third-order valence-corrected chi connectivity index (χ3v) is 7.09. The van der Waals surface area contributed by atoms with Crippen LogP contribution in [0.15, 0.2) is 34.9 Å². The van der Waals surface area contributed by atoms with Gasteiger partial charge in [-0.15, -0.1) is 11.3 Å². The molecule has 0 radical (unpaired) electrons. The second kappa shape index (κ2) is 8.45. The molecule has 1 saturated heterocycles. The lowest BCUT2D eigenvalue weighted by molar-refractivity contribution is 0.146. The van der Waals surface area contributed by atoms with Gasteiger partial charge in [-0.1, -0.05) is 30.3 Å². The van der Waals surface area contributed by atoms with Gasteiger partial charge in [-0.3, -0.25) is 4.90 Å². The number of nitrogens with zero attached hydrogens (tertiary/aromatic N) is 4. The number of aromatic nitrogens is 2. The van der Waals surface area contributed by atoms with Gasteiger partial charge in [0.2, 0.25) is 5.89 Å². The van der Waals surface area contributed by atoms with Crippen molar-refractivity contribution in [2.24, 2.45) is 0 Å². The van der Waals surface area contributed by atoms with Crippen LogP contribution in [0.3, 0.4) is 0 Å². The summed E-state index contributed by atoms with van der Waals surface area (Å²) < 4.78 is 19.9. The molecule has 0 bridgehead atoms. The lowest BCUT2D eigenvalue weighted by atomic mass is 10.0. The van der Waals surface area contributed by atoms with Crippen molar-refractivity contribution in [2.75, 3.05) is 24.7 Å². The van der Waals surface area contributed by atoms with Crippen LogP contribution in [0.1, 0.15) is 36.4 Å². The minimum atomic E-state index is -0.178. The molecule has 0 atom stereocenters. The highest BCUT2D eigenvalue weighted by Gasteiger charge is 2.31. The molecule has 1 fully saturated rings. The first-order valence-electron chi connectivity index (χ1n) is 10.6. The molecule has 0 amide bonds. The molecular formula is C22H26FN5OS. The topological polar surface area (TPSA) is 57.4 Å². The Labute approximate surface area is 179 Å². The number of benzene rings is 1. The highest BCUT2D eigenvalue weighted by Crippen LogP contribution is 2.42. The third kappa shape index (κ3) is 3.87. The predicted molar refractivity (Wildman–Crippen MR) is 116 cm³/mol. The van der Waals surface area contributed by atoms with E-state index in [4.69, 9.17) is 4.52 Å². The maximum atomic E-state index is 14.4. The highest BCUT2D eigenvalue weighted by atomic mass is 32.1. The molecule has 0 spiro atoms. The number of nitrogens with one attached hydrogen (secondary N) is 1. The van der Waals surface area contributed by atoms with Crippen LogP contribution in [-0.2, 0) is 19.5 Å². The number of anilines is 1. The van der Waals surface area contributed by atoms with Crippen molar-refractivity contribution in [1.29, 1.82) is 0 Å². The number of halogens is 1. The molecule has 4 heterocycles. The van der Waals surface area contributed by atoms with E-state index in [1.807, 2.05) is 19.1 Å². The minimum Gasteiger partial charge on any atom is -0.348 e. The van der Waals surface area contributed by atoms with Crippen molar-refractivity contribution < 1.29 is 8.91 Å². The number of fused-ring (bicyclic) bond motifs is 1. The zero-order chi connectivity index (χ0) is 20.5. The molecule has 8 heteroatoms. The Balaban J connectivity index is 1.48. The van der Waals surface area contributed by atoms with E-state index in [1.165, 1.54) is 10.9 Å². The Bertz CT molecular complexity index is 1010. The van der Waals surface area contributed by atoms with Gasteiger partial charge in [0.1, 0.15) is 5.82 Å². The zero-order valence-corrected chi connectivity index (χ0v) is 17.9. The number of thiophene rings is 1. The lowest BCUT2D eigenvalue weighted by Gasteiger charge is -2.41. The van der Waals surface area contributed by atoms with Gasteiger partial charge in [0.05, 0.1) is 18.9 Å². The third-order valence-electron chi connectivity index (χ3n) is 5.94. The summed E-state index contributed by atoms with van der Waals surface area (Å²) in [7, 11) is 0. The van der Waals surface area contributed by atoms with Crippen LogP contribution in [0.5, 0.6) is 0 Å². The summed E-state index contributed by atoms with van der Waals surface area (Å²) in [5.74, 6) is 1.18. The van der Waals surface area contributed by atoms with Crippen molar-refractivity contribution in [3.8, 4) is 10.4 Å². The number of hydrogen-bond acceptors (Lipinski definition) is 7. The average molecular weight is 428 g/mol. The molecule has 2 aromatic heterocycles. The van der Waals surface area contributed by atoms with E-state index >= 15 is 0 Å². The van der Waals surface area contributed by atoms with Crippen LogP contribution in [0, 0.1) is 5.82 Å². The zero-order valence-electron chi connectivity index (χ0n) is 17.1. The van der Waals surface area contributed by atoms with Crippen LogP contribution in [0.2, 0.25) is 0 Å². The normalized spacial score (nSPS) is 18.0. The van der Waals surface area contributed by atoms with E-state index in [0.29, 0.717) is 24.0 Å². The van der Waals surface area contributed by atoms with E-state index in [9.17, 15) is 4.39 Å². The van der Waals surface area contributed by atoms with Crippen molar-refractivity contribution >= 4 is 17.0 Å². The first-order valence-corrected chi connectivity index (χ1v) is 11.4. The van der Waals surface area contributed by atoms with Crippen molar-refractivity contribution in [2.45, 2.75) is 45.3 Å². The fourth-order valence-corrected chi connectivity index (χ4v) is 5.57. The largest absolute Gasteiger partial charge is 0.348 e. The van der Waals surface area contributed by atoms with Gasteiger partial charge in [-0.05, 0) is 38.1 Å². The molecule has 30 heavy (non-hydrogen) atoms. The van der Waals surface area contributed by atoms with Crippen molar-refractivity contribution in [3.05, 3.63) is 52.7 Å². The van der Waals surface area contributed by atoms with Gasteiger partial charge in [-0.2, -0.15) is 4.98 Å². The van der Waals surface area contributed by atoms with Crippen LogP contribution in [0.4, 0.5) is 10.1 Å². The van der Waals surface area contributed by atoms with Crippen LogP contribution in [-0.4, -0.2) is 40.8 Å². The molecular weight excluding hydrogens is 401 g/mol. The summed E-state index contributed by atoms with van der Waals surface area (Å²) in [6, 6.07) is 9.68. The highest BCUT2D eigenvalue weighted by molar-refractivity contribution is 7.16. The summed E-state index contributed by atoms with van der Waals surface area (Å²) >= 11 is 1.69. The van der Waals surface area contributed by atoms with Crippen molar-refractivity contribution in [1.82, 2.24) is 20.4 Å². The van der Waals surface area contributed by atoms with E-state index in [2.05, 4.69) is 31.3 Å². The fraction of sp³-hybridized carbons (Fsp3) is 0.455. The fourth-order valence-electron chi connectivity index (χ4n) is 4.34. The molecule has 1 aromatic carbocycles. The van der Waals surface area contributed by atoms with Gasteiger partial charge in [0, 0.05) is 34.3 Å². The van der Waals surface area contributed by atoms with Crippen LogP contribution >= 0.6 is 11.3 Å². The summed E-state index contributed by atoms with van der Waals surface area (Å²) in [6.45, 7) is 6.42. The molecule has 0 saturated carbocycles. The van der Waals surface area contributed by atoms with E-state index in [1.54, 1.807) is 17.4 Å². The summed E-state index contributed by atoms with van der Waals surface area (Å²) in [4.78, 5) is 11.6. The Kier molecular flexibility index (Phi) is 5.54. The van der Waals surface area contributed by atoms with Gasteiger partial charge < -0.3 is 14.7 Å². The second-order valence-corrected chi connectivity index (χ2v) is 9.06. The number of hydrogen-bond donors (Lipinski definition) is 1. The monoisotopic (exact) mass is 427 g/mol. The number of piperidine rings is 1. The molecule has 2 aliphatic rings. The average Bonchev–Trinajstić information content (AvgIpc) is 3.41. The lowest BCUT2D eigenvalue weighted by Crippen LogP contribution is -2.49. The Morgan fingerprint density at radius 2 is 2.10 bits per heavy atom. The molecule has 6 nitrogen and oxygen atoms in total. The molecule has 5 rings (SSSR count). The van der Waals surface area contributed by atoms with Gasteiger partial charge in [-0.25, -0.2) is 4.39 Å². The Morgan fingerprint density at radius 3 is 2.87 bits per heavy atom. The number of aryl methyl sites for hydroxylation is 1. The molecule has 2 aliphatic heterocycles. The smallest absolute Gasteiger partial charge is 0.246 e. The van der Waals surface area contributed by atoms with Crippen LogP contribution in [0.25, 0.3) is 10.4 Å². The first kappa shape index (κ1) is 19.7. The maximum absolute atomic E-state index is 14.4. The predicted octanol–water partition coefficient (Wildman–Crippen LogP) is 4.03. The first-order chi connectivity index (χ1) is 14.7. The molecule has 0 aliphatic carbocycles. The summed E-state index contributed by atoms with van der Waals surface area (Å²) in [5, 5.41) is 7.50. The van der Waals surface area contributed by atoms with E-state index < -0.39 is 0 Å². The van der Waals surface area contributed by atoms with E-state index in [0.717, 1.165) is 62.0 Å². The molecule has 1 N–H and O–H groups in total. The van der Waals surface area contributed by atoms with Gasteiger partial charge in [0.25, 0.3) is 0 Å². The Hall–Kier alpha value is -2.29. The van der Waals surface area contributed by atoms with Gasteiger partial charge >= 0.3 is 0 Å². The second-order valence-electron chi connectivity index (χ2n) is 7.92. The number of rotatable bonds is 5. The quantitative estimate of drug-likeness (QED) is 0.664. The minimum absolute atomic E-state index is 0.178. The molecule has 0 unspecified atom stereocenters.